The zero-order valence-corrected chi connectivity index (χ0v) is 7.05. The lowest BCUT2D eigenvalue weighted by molar-refractivity contribution is 0.0933. The van der Waals surface area contributed by atoms with Gasteiger partial charge < -0.3 is 15.1 Å². The summed E-state index contributed by atoms with van der Waals surface area (Å²) in [6.45, 7) is 0.525. The van der Waals surface area contributed by atoms with E-state index in [4.69, 9.17) is 4.42 Å². The fourth-order valence-electron chi connectivity index (χ4n) is 0.771. The molecule has 0 unspecified atom stereocenters. The summed E-state index contributed by atoms with van der Waals surface area (Å²) in [6, 6.07) is 0. The Kier molecular flexibility index (Phi) is 2.82. The largest absolute Gasteiger partial charge is 0.434 e. The van der Waals surface area contributed by atoms with Gasteiger partial charge in [0, 0.05) is 7.05 Å². The highest BCUT2D eigenvalue weighted by atomic mass is 16.4. The van der Waals surface area contributed by atoms with E-state index in [1.165, 1.54) is 6.20 Å². The molecule has 66 valence electrons. The molecular weight excluding hydrogens is 158 g/mol. The van der Waals surface area contributed by atoms with Crippen molar-refractivity contribution in [3.8, 4) is 0 Å². The third kappa shape index (κ3) is 1.82. The molecule has 0 atom stereocenters. The number of nitrogens with zero attached hydrogens (tertiary/aromatic N) is 1. The standard InChI is InChI=1S/C7H11N3O2/c1-8-4-6-10-3-5(12-6)7(11)9-2/h3,8H,4H2,1-2H3,(H,9,11). The molecule has 1 aromatic rings. The van der Waals surface area contributed by atoms with E-state index in [0.29, 0.717) is 12.4 Å². The fourth-order valence-corrected chi connectivity index (χ4v) is 0.771. The summed E-state index contributed by atoms with van der Waals surface area (Å²) >= 11 is 0. The average molecular weight is 169 g/mol. The first-order valence-corrected chi connectivity index (χ1v) is 3.59. The van der Waals surface area contributed by atoms with Crippen molar-refractivity contribution in [1.82, 2.24) is 15.6 Å². The monoisotopic (exact) mass is 169 g/mol. The predicted molar refractivity (Wildman–Crippen MR) is 42.7 cm³/mol. The summed E-state index contributed by atoms with van der Waals surface area (Å²) in [4.78, 5) is 14.9. The van der Waals surface area contributed by atoms with Crippen LogP contribution < -0.4 is 10.6 Å². The van der Waals surface area contributed by atoms with Gasteiger partial charge in [-0.1, -0.05) is 0 Å². The van der Waals surface area contributed by atoms with Crippen LogP contribution in [0.5, 0.6) is 0 Å². The number of nitrogens with one attached hydrogen (secondary N) is 2. The van der Waals surface area contributed by atoms with Crippen LogP contribution in [0, 0.1) is 0 Å². The molecule has 0 aliphatic rings. The second kappa shape index (κ2) is 3.87. The summed E-state index contributed by atoms with van der Waals surface area (Å²) in [7, 11) is 3.33. The number of amides is 1. The van der Waals surface area contributed by atoms with Gasteiger partial charge in [0.2, 0.25) is 11.7 Å². The molecule has 5 nitrogen and oxygen atoms in total. The van der Waals surface area contributed by atoms with Gasteiger partial charge in [-0.25, -0.2) is 4.98 Å². The molecular formula is C7H11N3O2. The molecule has 12 heavy (non-hydrogen) atoms. The molecule has 0 fully saturated rings. The van der Waals surface area contributed by atoms with Crippen molar-refractivity contribution < 1.29 is 9.21 Å². The van der Waals surface area contributed by atoms with Crippen LogP contribution >= 0.6 is 0 Å². The summed E-state index contributed by atoms with van der Waals surface area (Å²) in [5.41, 5.74) is 0. The van der Waals surface area contributed by atoms with Gasteiger partial charge >= 0.3 is 0 Å². The third-order valence-electron chi connectivity index (χ3n) is 1.33. The van der Waals surface area contributed by atoms with E-state index >= 15 is 0 Å². The average Bonchev–Trinajstić information content (AvgIpc) is 2.52. The van der Waals surface area contributed by atoms with Crippen LogP contribution in [0.2, 0.25) is 0 Å². The Bertz CT molecular complexity index is 269. The molecule has 0 bridgehead atoms. The number of oxazole rings is 1. The van der Waals surface area contributed by atoms with Gasteiger partial charge in [0.25, 0.3) is 5.91 Å². The molecule has 2 N–H and O–H groups in total. The normalized spacial score (nSPS) is 9.83. The van der Waals surface area contributed by atoms with Gasteiger partial charge in [-0.05, 0) is 7.05 Å². The minimum Gasteiger partial charge on any atom is -0.434 e. The highest BCUT2D eigenvalue weighted by molar-refractivity contribution is 5.90. The van der Waals surface area contributed by atoms with Gasteiger partial charge in [-0.15, -0.1) is 0 Å². The minimum atomic E-state index is -0.259. The van der Waals surface area contributed by atoms with E-state index in [1.807, 2.05) is 0 Å². The van der Waals surface area contributed by atoms with Crippen LogP contribution in [-0.4, -0.2) is 25.0 Å². The van der Waals surface area contributed by atoms with Crippen molar-refractivity contribution in [3.05, 3.63) is 17.8 Å². The van der Waals surface area contributed by atoms with Gasteiger partial charge in [-0.2, -0.15) is 0 Å². The third-order valence-corrected chi connectivity index (χ3v) is 1.33. The van der Waals surface area contributed by atoms with Crippen LogP contribution in [0.3, 0.4) is 0 Å². The first-order valence-electron chi connectivity index (χ1n) is 3.59. The van der Waals surface area contributed by atoms with Crippen molar-refractivity contribution in [2.24, 2.45) is 0 Å². The number of rotatable bonds is 3. The lowest BCUT2D eigenvalue weighted by atomic mass is 10.5. The zero-order chi connectivity index (χ0) is 8.97. The second-order valence-electron chi connectivity index (χ2n) is 2.23. The summed E-state index contributed by atoms with van der Waals surface area (Å²) in [5.74, 6) is 0.490. The van der Waals surface area contributed by atoms with Crippen molar-refractivity contribution in [1.29, 1.82) is 0 Å². The summed E-state index contributed by atoms with van der Waals surface area (Å²) in [6.07, 6.45) is 1.41. The Morgan fingerprint density at radius 1 is 1.67 bits per heavy atom. The molecule has 0 saturated carbocycles. The van der Waals surface area contributed by atoms with Crippen LogP contribution in [0.25, 0.3) is 0 Å². The Balaban J connectivity index is 2.70. The first-order chi connectivity index (χ1) is 5.77. The van der Waals surface area contributed by atoms with Gasteiger partial charge in [0.05, 0.1) is 12.7 Å². The molecule has 0 saturated heterocycles. The molecule has 1 heterocycles. The molecule has 0 aliphatic carbocycles. The summed E-state index contributed by atoms with van der Waals surface area (Å²) < 4.78 is 5.09. The number of aromatic nitrogens is 1. The van der Waals surface area contributed by atoms with Crippen LogP contribution in [0.4, 0.5) is 0 Å². The number of carbonyl (C=O) groups is 1. The van der Waals surface area contributed by atoms with Crippen LogP contribution in [0.15, 0.2) is 10.6 Å². The quantitative estimate of drug-likeness (QED) is 0.655. The molecule has 0 aromatic carbocycles. The van der Waals surface area contributed by atoms with Gasteiger partial charge in [0.1, 0.15) is 0 Å². The lowest BCUT2D eigenvalue weighted by Crippen LogP contribution is -2.16. The number of hydrogen-bond acceptors (Lipinski definition) is 4. The highest BCUT2D eigenvalue weighted by Gasteiger charge is 2.09. The molecule has 5 heteroatoms. The highest BCUT2D eigenvalue weighted by Crippen LogP contribution is 2.02. The molecule has 1 aromatic heterocycles. The Morgan fingerprint density at radius 3 is 3.00 bits per heavy atom. The van der Waals surface area contributed by atoms with Crippen LogP contribution in [-0.2, 0) is 6.54 Å². The van der Waals surface area contributed by atoms with E-state index in [9.17, 15) is 4.79 Å². The van der Waals surface area contributed by atoms with E-state index in [0.717, 1.165) is 0 Å². The van der Waals surface area contributed by atoms with E-state index in [-0.39, 0.29) is 11.7 Å². The van der Waals surface area contributed by atoms with Crippen LogP contribution in [0.1, 0.15) is 16.4 Å². The fraction of sp³-hybridized carbons (Fsp3) is 0.429. The molecule has 0 aliphatic heterocycles. The van der Waals surface area contributed by atoms with Crippen molar-refractivity contribution >= 4 is 5.91 Å². The number of hydrogen-bond donors (Lipinski definition) is 2. The van der Waals surface area contributed by atoms with Gasteiger partial charge in [-0.3, -0.25) is 4.79 Å². The molecule has 0 spiro atoms. The van der Waals surface area contributed by atoms with E-state index < -0.39 is 0 Å². The molecule has 1 rings (SSSR count). The molecule has 0 radical (unpaired) electrons. The zero-order valence-electron chi connectivity index (χ0n) is 7.05. The van der Waals surface area contributed by atoms with Crippen molar-refractivity contribution in [2.75, 3.05) is 14.1 Å². The van der Waals surface area contributed by atoms with Gasteiger partial charge in [0.15, 0.2) is 0 Å². The Morgan fingerprint density at radius 2 is 2.42 bits per heavy atom. The second-order valence-corrected chi connectivity index (χ2v) is 2.23. The van der Waals surface area contributed by atoms with E-state index in [1.54, 1.807) is 14.1 Å². The maximum absolute atomic E-state index is 11.0. The van der Waals surface area contributed by atoms with E-state index in [2.05, 4.69) is 15.6 Å². The smallest absolute Gasteiger partial charge is 0.288 e. The first kappa shape index (κ1) is 8.73. The molecule has 1 amide bonds. The Hall–Kier alpha value is -1.36. The maximum Gasteiger partial charge on any atom is 0.288 e. The maximum atomic E-state index is 11.0. The summed E-state index contributed by atoms with van der Waals surface area (Å²) in [5, 5.41) is 5.31. The van der Waals surface area contributed by atoms with Crippen molar-refractivity contribution in [3.63, 3.8) is 0 Å². The predicted octanol–water partition coefficient (Wildman–Crippen LogP) is -0.246. The topological polar surface area (TPSA) is 67.2 Å². The SMILES string of the molecule is CNCc1ncc(C(=O)NC)o1. The minimum absolute atomic E-state index is 0.239. The van der Waals surface area contributed by atoms with Crippen molar-refractivity contribution in [2.45, 2.75) is 6.54 Å². The lowest BCUT2D eigenvalue weighted by Gasteiger charge is -1.92. The number of carbonyl (C=O) groups excluding carboxylic acids is 1. The Labute approximate surface area is 70.2 Å².